The number of pyridine rings is 1. The molecule has 1 aromatic heterocycles. The number of aryl methyl sites for hydroxylation is 1. The van der Waals surface area contributed by atoms with Crippen LogP contribution in [-0.4, -0.2) is 29.1 Å². The number of carboxylic acid groups (broad SMARTS) is 1. The van der Waals surface area contributed by atoms with E-state index in [4.69, 9.17) is 5.11 Å². The van der Waals surface area contributed by atoms with Gasteiger partial charge in [0.2, 0.25) is 0 Å². The lowest BCUT2D eigenvalue weighted by Gasteiger charge is -2.24. The summed E-state index contributed by atoms with van der Waals surface area (Å²) in [7, 11) is 0. The van der Waals surface area contributed by atoms with E-state index in [0.717, 1.165) is 24.3 Å². The molecule has 0 aromatic carbocycles. The summed E-state index contributed by atoms with van der Waals surface area (Å²) in [5.41, 5.74) is 1.10. The second-order valence-electron chi connectivity index (χ2n) is 4.84. The molecule has 0 fully saturated rings. The van der Waals surface area contributed by atoms with Gasteiger partial charge in [-0.3, -0.25) is 4.79 Å². The van der Waals surface area contributed by atoms with E-state index in [1.807, 2.05) is 19.1 Å². The maximum absolute atomic E-state index is 10.7. The first-order valence-electron chi connectivity index (χ1n) is 7.03. The molecule has 1 aromatic rings. The fourth-order valence-corrected chi connectivity index (χ4v) is 2.09. The van der Waals surface area contributed by atoms with E-state index >= 15 is 0 Å². The van der Waals surface area contributed by atoms with Crippen LogP contribution in [0.3, 0.4) is 0 Å². The van der Waals surface area contributed by atoms with Crippen molar-refractivity contribution in [2.75, 3.05) is 18.0 Å². The molecule has 0 bridgehead atoms. The zero-order valence-electron chi connectivity index (χ0n) is 11.9. The minimum absolute atomic E-state index is 0.157. The van der Waals surface area contributed by atoms with Gasteiger partial charge in [-0.25, -0.2) is 4.98 Å². The number of aromatic nitrogens is 1. The topological polar surface area (TPSA) is 53.4 Å². The van der Waals surface area contributed by atoms with Crippen LogP contribution < -0.4 is 4.90 Å². The first-order chi connectivity index (χ1) is 9.15. The van der Waals surface area contributed by atoms with Crippen molar-refractivity contribution in [1.29, 1.82) is 0 Å². The van der Waals surface area contributed by atoms with Gasteiger partial charge < -0.3 is 10.0 Å². The summed E-state index contributed by atoms with van der Waals surface area (Å²) in [5.74, 6) is 0.160. The molecule has 19 heavy (non-hydrogen) atoms. The summed E-state index contributed by atoms with van der Waals surface area (Å²) in [5, 5.41) is 8.84. The second kappa shape index (κ2) is 8.51. The monoisotopic (exact) mass is 264 g/mol. The van der Waals surface area contributed by atoms with Crippen LogP contribution in [-0.2, 0) is 4.79 Å². The summed E-state index contributed by atoms with van der Waals surface area (Å²) in [6, 6.07) is 3.92. The van der Waals surface area contributed by atoms with Gasteiger partial charge in [0.1, 0.15) is 5.82 Å². The van der Waals surface area contributed by atoms with E-state index in [9.17, 15) is 4.79 Å². The summed E-state index contributed by atoms with van der Waals surface area (Å²) >= 11 is 0. The Bertz CT molecular complexity index is 393. The third kappa shape index (κ3) is 5.73. The minimum atomic E-state index is -0.757. The maximum Gasteiger partial charge on any atom is 0.305 e. The number of carbonyl (C=O) groups is 1. The average molecular weight is 264 g/mol. The molecule has 0 saturated heterocycles. The third-order valence-corrected chi connectivity index (χ3v) is 3.16. The highest BCUT2D eigenvalue weighted by molar-refractivity contribution is 5.67. The molecule has 1 N–H and O–H groups in total. The predicted octanol–water partition coefficient (Wildman–Crippen LogP) is 3.25. The summed E-state index contributed by atoms with van der Waals surface area (Å²) in [4.78, 5) is 17.2. The van der Waals surface area contributed by atoms with E-state index in [-0.39, 0.29) is 6.42 Å². The maximum atomic E-state index is 10.7. The lowest BCUT2D eigenvalue weighted by atomic mass is 10.2. The first kappa shape index (κ1) is 15.5. The van der Waals surface area contributed by atoms with Crippen LogP contribution in [0.2, 0.25) is 0 Å². The van der Waals surface area contributed by atoms with Gasteiger partial charge in [-0.15, -0.1) is 0 Å². The van der Waals surface area contributed by atoms with Crippen molar-refractivity contribution in [3.05, 3.63) is 23.9 Å². The standard InChI is InChI=1S/C15H24N2O2/c1-3-4-5-6-11-17(12-9-14(18)19)15-13(2)8-7-10-16-15/h7-8,10H,3-6,9,11-12H2,1-2H3,(H,18,19). The number of rotatable bonds is 9. The first-order valence-corrected chi connectivity index (χ1v) is 7.03. The smallest absolute Gasteiger partial charge is 0.305 e. The molecule has 0 radical (unpaired) electrons. The zero-order chi connectivity index (χ0) is 14.1. The lowest BCUT2D eigenvalue weighted by Crippen LogP contribution is -2.28. The Kier molecular flexibility index (Phi) is 6.93. The molecule has 1 heterocycles. The Hall–Kier alpha value is -1.58. The van der Waals surface area contributed by atoms with Gasteiger partial charge in [0.15, 0.2) is 0 Å². The van der Waals surface area contributed by atoms with Crippen molar-refractivity contribution in [1.82, 2.24) is 4.98 Å². The van der Waals surface area contributed by atoms with Crippen molar-refractivity contribution < 1.29 is 9.90 Å². The summed E-state index contributed by atoms with van der Waals surface area (Å²) < 4.78 is 0. The highest BCUT2D eigenvalue weighted by atomic mass is 16.4. The average Bonchev–Trinajstić information content (AvgIpc) is 2.39. The number of hydrogen-bond donors (Lipinski definition) is 1. The number of hydrogen-bond acceptors (Lipinski definition) is 3. The Morgan fingerprint density at radius 1 is 1.32 bits per heavy atom. The molecule has 106 valence electrons. The highest BCUT2D eigenvalue weighted by Crippen LogP contribution is 2.17. The molecule has 0 unspecified atom stereocenters. The van der Waals surface area contributed by atoms with E-state index in [1.54, 1.807) is 6.20 Å². The fourth-order valence-electron chi connectivity index (χ4n) is 2.09. The Labute approximate surface area is 115 Å². The van der Waals surface area contributed by atoms with E-state index in [2.05, 4.69) is 16.8 Å². The molecular formula is C15H24N2O2. The van der Waals surface area contributed by atoms with Crippen molar-refractivity contribution >= 4 is 11.8 Å². The van der Waals surface area contributed by atoms with Crippen LogP contribution >= 0.6 is 0 Å². The SMILES string of the molecule is CCCCCCN(CCC(=O)O)c1ncccc1C. The van der Waals surface area contributed by atoms with Crippen LogP contribution in [0.25, 0.3) is 0 Å². The van der Waals surface area contributed by atoms with Gasteiger partial charge in [0.25, 0.3) is 0 Å². The van der Waals surface area contributed by atoms with Crippen LogP contribution in [0, 0.1) is 6.92 Å². The molecule has 4 nitrogen and oxygen atoms in total. The van der Waals surface area contributed by atoms with E-state index in [0.29, 0.717) is 6.54 Å². The van der Waals surface area contributed by atoms with Crippen LogP contribution in [0.4, 0.5) is 5.82 Å². The predicted molar refractivity (Wildman–Crippen MR) is 77.6 cm³/mol. The van der Waals surface area contributed by atoms with Gasteiger partial charge in [0.05, 0.1) is 6.42 Å². The van der Waals surface area contributed by atoms with E-state index in [1.165, 1.54) is 19.3 Å². The van der Waals surface area contributed by atoms with Crippen molar-refractivity contribution in [2.45, 2.75) is 46.0 Å². The van der Waals surface area contributed by atoms with Gasteiger partial charge in [-0.05, 0) is 25.0 Å². The normalized spacial score (nSPS) is 10.4. The molecule has 0 aliphatic heterocycles. The number of anilines is 1. The number of aliphatic carboxylic acids is 1. The van der Waals surface area contributed by atoms with Gasteiger partial charge in [0, 0.05) is 19.3 Å². The Morgan fingerprint density at radius 3 is 2.74 bits per heavy atom. The Morgan fingerprint density at radius 2 is 2.11 bits per heavy atom. The fraction of sp³-hybridized carbons (Fsp3) is 0.600. The molecule has 1 rings (SSSR count). The number of unbranched alkanes of at least 4 members (excludes halogenated alkanes) is 3. The summed E-state index contributed by atoms with van der Waals surface area (Å²) in [6.07, 6.45) is 6.63. The van der Waals surface area contributed by atoms with Gasteiger partial charge in [-0.1, -0.05) is 32.3 Å². The van der Waals surface area contributed by atoms with Gasteiger partial charge in [-0.2, -0.15) is 0 Å². The van der Waals surface area contributed by atoms with Crippen molar-refractivity contribution in [3.63, 3.8) is 0 Å². The minimum Gasteiger partial charge on any atom is -0.481 e. The zero-order valence-corrected chi connectivity index (χ0v) is 11.9. The third-order valence-electron chi connectivity index (χ3n) is 3.16. The number of nitrogens with zero attached hydrogens (tertiary/aromatic N) is 2. The molecule has 0 atom stereocenters. The molecular weight excluding hydrogens is 240 g/mol. The molecule has 0 aliphatic carbocycles. The quantitative estimate of drug-likeness (QED) is 0.696. The molecule has 0 saturated carbocycles. The molecule has 4 heteroatoms. The Balaban J connectivity index is 2.63. The van der Waals surface area contributed by atoms with Gasteiger partial charge >= 0.3 is 5.97 Å². The summed E-state index contributed by atoms with van der Waals surface area (Å²) in [6.45, 7) is 5.61. The van der Waals surface area contributed by atoms with Crippen LogP contribution in [0.1, 0.15) is 44.6 Å². The molecule has 0 aliphatic rings. The van der Waals surface area contributed by atoms with Crippen molar-refractivity contribution in [2.24, 2.45) is 0 Å². The number of carboxylic acids is 1. The second-order valence-corrected chi connectivity index (χ2v) is 4.84. The largest absolute Gasteiger partial charge is 0.481 e. The highest BCUT2D eigenvalue weighted by Gasteiger charge is 2.11. The van der Waals surface area contributed by atoms with Crippen LogP contribution in [0.5, 0.6) is 0 Å². The molecule has 0 spiro atoms. The van der Waals surface area contributed by atoms with Crippen LogP contribution in [0.15, 0.2) is 18.3 Å². The van der Waals surface area contributed by atoms with E-state index < -0.39 is 5.97 Å². The lowest BCUT2D eigenvalue weighted by molar-refractivity contribution is -0.136. The van der Waals surface area contributed by atoms with Crippen molar-refractivity contribution in [3.8, 4) is 0 Å². The molecule has 0 amide bonds.